The van der Waals surface area contributed by atoms with Crippen molar-refractivity contribution in [3.63, 3.8) is 0 Å². The van der Waals surface area contributed by atoms with Crippen LogP contribution in [0.4, 0.5) is 5.69 Å². The SMILES string of the molecule is [2H]C([2H])([2H])Oc1ccc(C([2H])([2H])S(=O)(=O)/C=C/c2c(OC)cc(OC)cc2OC)cc1NC([2H])([2H])C(=O)O. The van der Waals surface area contributed by atoms with Gasteiger partial charge in [-0.1, -0.05) is 6.07 Å². The Hall–Kier alpha value is -3.40. The van der Waals surface area contributed by atoms with Gasteiger partial charge in [0.2, 0.25) is 0 Å². The number of methoxy groups -OCH3 is 4. The Morgan fingerprint density at radius 2 is 1.77 bits per heavy atom. The summed E-state index contributed by atoms with van der Waals surface area (Å²) in [4.78, 5) is 11.2. The van der Waals surface area contributed by atoms with Gasteiger partial charge in [0, 0.05) is 20.3 Å². The van der Waals surface area contributed by atoms with Gasteiger partial charge in [-0.25, -0.2) is 8.42 Å². The van der Waals surface area contributed by atoms with E-state index in [1.165, 1.54) is 33.5 Å². The van der Waals surface area contributed by atoms with Crippen molar-refractivity contribution in [2.24, 2.45) is 0 Å². The molecule has 0 spiro atoms. The molecule has 0 bridgehead atoms. The Morgan fingerprint density at radius 1 is 1.10 bits per heavy atom. The lowest BCUT2D eigenvalue weighted by Crippen LogP contribution is -2.13. The number of anilines is 1. The highest BCUT2D eigenvalue weighted by Crippen LogP contribution is 2.35. The molecule has 9 nitrogen and oxygen atoms in total. The quantitative estimate of drug-likeness (QED) is 0.523. The fraction of sp³-hybridized carbons (Fsp3) is 0.286. The molecule has 2 rings (SSSR count). The van der Waals surface area contributed by atoms with Crippen LogP contribution in [0.5, 0.6) is 23.0 Å². The molecule has 168 valence electrons. The first-order valence-electron chi connectivity index (χ1n) is 12.0. The Kier molecular flexibility index (Phi) is 5.26. The maximum atomic E-state index is 13.1. The van der Waals surface area contributed by atoms with Crippen molar-refractivity contribution in [3.05, 3.63) is 46.9 Å². The van der Waals surface area contributed by atoms with Crippen LogP contribution < -0.4 is 24.3 Å². The Bertz CT molecular complexity index is 1300. The average molecular weight is 459 g/mol. The number of nitrogens with one attached hydrogen (secondary N) is 1. The number of rotatable bonds is 11. The van der Waals surface area contributed by atoms with Gasteiger partial charge in [-0.2, -0.15) is 0 Å². The summed E-state index contributed by atoms with van der Waals surface area (Å²) in [6, 6.07) is 5.47. The van der Waals surface area contributed by atoms with E-state index in [1.54, 1.807) is 0 Å². The summed E-state index contributed by atoms with van der Waals surface area (Å²) in [5, 5.41) is 11.6. The fourth-order valence-electron chi connectivity index (χ4n) is 2.45. The van der Waals surface area contributed by atoms with E-state index in [2.05, 4.69) is 0 Å². The molecule has 0 unspecified atom stereocenters. The lowest BCUT2D eigenvalue weighted by atomic mass is 10.1. The first kappa shape index (κ1) is 15.4. The summed E-state index contributed by atoms with van der Waals surface area (Å²) in [7, 11) is -3.75. The topological polar surface area (TPSA) is 120 Å². The van der Waals surface area contributed by atoms with Crippen molar-refractivity contribution in [2.75, 3.05) is 40.2 Å². The number of hydrogen-bond acceptors (Lipinski definition) is 8. The summed E-state index contributed by atoms with van der Waals surface area (Å²) in [5.41, 5.74) is -4.17. The van der Waals surface area contributed by atoms with Gasteiger partial charge < -0.3 is 29.4 Å². The van der Waals surface area contributed by atoms with Crippen LogP contribution in [0.25, 0.3) is 6.08 Å². The predicted molar refractivity (Wildman–Crippen MR) is 117 cm³/mol. The third-order valence-corrected chi connectivity index (χ3v) is 4.84. The van der Waals surface area contributed by atoms with Crippen molar-refractivity contribution in [1.82, 2.24) is 0 Å². The first-order chi connectivity index (χ1) is 17.4. The number of carbonyl (C=O) groups is 1. The van der Waals surface area contributed by atoms with Gasteiger partial charge in [-0.15, -0.1) is 0 Å². The molecule has 0 atom stereocenters. The van der Waals surface area contributed by atoms with Crippen LogP contribution in [0.1, 0.15) is 20.7 Å². The minimum Gasteiger partial charge on any atom is -0.496 e. The van der Waals surface area contributed by atoms with Crippen LogP contribution in [0, 0.1) is 0 Å². The van der Waals surface area contributed by atoms with Gasteiger partial charge in [-0.05, 0) is 23.8 Å². The second-order valence-electron chi connectivity index (χ2n) is 5.76. The number of aliphatic carboxylic acids is 1. The smallest absolute Gasteiger partial charge is 0.322 e. The Morgan fingerprint density at radius 3 is 2.32 bits per heavy atom. The molecule has 0 heterocycles. The molecule has 0 saturated carbocycles. The van der Waals surface area contributed by atoms with Crippen molar-refractivity contribution < 1.29 is 46.9 Å². The van der Waals surface area contributed by atoms with E-state index in [4.69, 9.17) is 33.6 Å². The lowest BCUT2D eigenvalue weighted by molar-refractivity contribution is -0.134. The Labute approximate surface area is 191 Å². The average Bonchev–Trinajstić information content (AvgIpc) is 2.81. The number of carboxylic acids is 1. The predicted octanol–water partition coefficient (Wildman–Crippen LogP) is 2.80. The van der Waals surface area contributed by atoms with Crippen LogP contribution in [0.15, 0.2) is 35.7 Å². The molecule has 2 aromatic carbocycles. The number of benzene rings is 2. The third-order valence-electron chi connectivity index (χ3n) is 3.82. The normalized spacial score (nSPS) is 15.9. The highest BCUT2D eigenvalue weighted by molar-refractivity contribution is 7.93. The zero-order chi connectivity index (χ0) is 29.1. The minimum atomic E-state index is -4.78. The van der Waals surface area contributed by atoms with Crippen LogP contribution in [0.3, 0.4) is 0 Å². The third kappa shape index (κ3) is 6.54. The number of hydrogen-bond donors (Lipinski definition) is 2. The first-order valence-corrected chi connectivity index (χ1v) is 10.0. The van der Waals surface area contributed by atoms with Crippen LogP contribution in [0.2, 0.25) is 0 Å². The number of carboxylic acid groups (broad SMARTS) is 1. The van der Waals surface area contributed by atoms with Crippen molar-refractivity contribution >= 4 is 27.6 Å². The van der Waals surface area contributed by atoms with Gasteiger partial charge in [0.25, 0.3) is 0 Å². The molecule has 0 amide bonds. The second kappa shape index (κ2) is 10.6. The van der Waals surface area contributed by atoms with Gasteiger partial charge in [0.05, 0.1) is 52.2 Å². The van der Waals surface area contributed by atoms with Crippen LogP contribution >= 0.6 is 0 Å². The summed E-state index contributed by atoms with van der Waals surface area (Å²) in [6.07, 6.45) is 1.05. The molecular weight excluding hydrogens is 426 g/mol. The highest BCUT2D eigenvalue weighted by atomic mass is 32.2. The van der Waals surface area contributed by atoms with E-state index in [0.717, 1.165) is 24.3 Å². The van der Waals surface area contributed by atoms with Gasteiger partial charge in [0.15, 0.2) is 9.84 Å². The van der Waals surface area contributed by atoms with E-state index >= 15 is 0 Å². The lowest BCUT2D eigenvalue weighted by Gasteiger charge is -2.13. The van der Waals surface area contributed by atoms with Crippen molar-refractivity contribution in [2.45, 2.75) is 5.70 Å². The van der Waals surface area contributed by atoms with E-state index in [-0.39, 0.29) is 17.1 Å². The number of sulfone groups is 1. The molecule has 0 aliphatic heterocycles. The molecule has 31 heavy (non-hydrogen) atoms. The maximum absolute atomic E-state index is 13.1. The fourth-order valence-corrected chi connectivity index (χ4v) is 3.29. The van der Waals surface area contributed by atoms with E-state index in [9.17, 15) is 13.2 Å². The van der Waals surface area contributed by atoms with Gasteiger partial charge >= 0.3 is 5.97 Å². The monoisotopic (exact) mass is 458 g/mol. The minimum absolute atomic E-state index is 0.161. The zero-order valence-electron chi connectivity index (χ0n) is 23.8. The summed E-state index contributed by atoms with van der Waals surface area (Å²) in [5.74, 6) is -1.84. The summed E-state index contributed by atoms with van der Waals surface area (Å²) < 4.78 is 100. The maximum Gasteiger partial charge on any atom is 0.322 e. The highest BCUT2D eigenvalue weighted by Gasteiger charge is 2.15. The van der Waals surface area contributed by atoms with Crippen LogP contribution in [-0.2, 0) is 20.3 Å². The molecule has 0 aliphatic rings. The van der Waals surface area contributed by atoms with Gasteiger partial charge in [-0.3, -0.25) is 4.79 Å². The number of ether oxygens (including phenoxy) is 4. The van der Waals surface area contributed by atoms with Crippen molar-refractivity contribution in [3.8, 4) is 23.0 Å². The van der Waals surface area contributed by atoms with Gasteiger partial charge in [0.1, 0.15) is 29.5 Å². The summed E-state index contributed by atoms with van der Waals surface area (Å²) >= 11 is 0. The zero-order valence-corrected chi connectivity index (χ0v) is 17.6. The largest absolute Gasteiger partial charge is 0.496 e. The molecule has 10 heteroatoms. The molecule has 0 radical (unpaired) electrons. The van der Waals surface area contributed by atoms with E-state index < -0.39 is 52.0 Å². The van der Waals surface area contributed by atoms with Crippen LogP contribution in [-0.4, -0.2) is 54.4 Å². The molecular formula is C21H25NO8S. The van der Waals surface area contributed by atoms with E-state index in [1.807, 2.05) is 5.32 Å². The molecule has 0 aromatic heterocycles. The molecule has 2 N–H and O–H groups in total. The standard InChI is InChI=1S/C21H25NO8S/c1-27-15-10-19(29-3)16(20(11-15)30-4)7-8-31(25,26)13-14-5-6-18(28-2)17(9-14)22-12-21(23)24/h5-11,22H,12-13H2,1-4H3,(H,23,24)/b8-7+/i2D3,12D2,13D2. The van der Waals surface area contributed by atoms with E-state index in [0.29, 0.717) is 11.2 Å². The Balaban J connectivity index is 2.60. The molecule has 0 fully saturated rings. The molecule has 2 aromatic rings. The molecule has 0 saturated heterocycles. The summed E-state index contributed by atoms with van der Waals surface area (Å²) in [6.45, 7) is -3.14. The van der Waals surface area contributed by atoms with Crippen molar-refractivity contribution in [1.29, 1.82) is 0 Å². The molecule has 0 aliphatic carbocycles. The second-order valence-corrected chi connectivity index (χ2v) is 7.33.